The number of rotatable bonds is 13. The van der Waals surface area contributed by atoms with Gasteiger partial charge in [-0.25, -0.2) is 19.2 Å². The van der Waals surface area contributed by atoms with Crippen LogP contribution in [0.2, 0.25) is 0 Å². The van der Waals surface area contributed by atoms with Crippen LogP contribution in [-0.4, -0.2) is 61.4 Å². The van der Waals surface area contributed by atoms with Crippen molar-refractivity contribution in [2.75, 3.05) is 13.2 Å². The highest BCUT2D eigenvalue weighted by Crippen LogP contribution is 2.19. The Kier molecular flexibility index (Phi) is 12.0. The molecule has 0 aromatic rings. The monoisotopic (exact) mass is 452 g/mol. The molecule has 0 aliphatic carbocycles. The fourth-order valence-electron chi connectivity index (χ4n) is 1.96. The average molecular weight is 452 g/mol. The molecule has 0 saturated carbocycles. The second kappa shape index (κ2) is 13.6. The van der Waals surface area contributed by atoms with E-state index >= 15 is 0 Å². The molecular weight excluding hydrogens is 424 g/mol. The summed E-state index contributed by atoms with van der Waals surface area (Å²) in [6, 6.07) is 0. The van der Waals surface area contributed by atoms with E-state index in [2.05, 4.69) is 26.3 Å². The lowest BCUT2D eigenvalue weighted by atomic mass is 9.97. The molecule has 10 heteroatoms. The summed E-state index contributed by atoms with van der Waals surface area (Å²) in [6.07, 6.45) is -1.21. The van der Waals surface area contributed by atoms with Gasteiger partial charge in [0.1, 0.15) is 13.2 Å². The van der Waals surface area contributed by atoms with Crippen LogP contribution in [0.5, 0.6) is 0 Å². The number of ether oxygens (including phenoxy) is 5. The fraction of sp³-hybridized carbons (Fsp3) is 0.409. The van der Waals surface area contributed by atoms with E-state index in [1.54, 1.807) is 20.8 Å². The minimum atomic E-state index is -1.57. The van der Waals surface area contributed by atoms with Crippen LogP contribution in [0.1, 0.15) is 20.8 Å². The van der Waals surface area contributed by atoms with Crippen molar-refractivity contribution in [3.8, 4) is 0 Å². The van der Waals surface area contributed by atoms with Gasteiger partial charge in [0.15, 0.2) is 18.3 Å². The second-order valence-electron chi connectivity index (χ2n) is 7.15. The molecule has 0 aliphatic rings. The highest BCUT2D eigenvalue weighted by atomic mass is 16.6. The van der Waals surface area contributed by atoms with Crippen molar-refractivity contribution in [2.45, 2.75) is 39.1 Å². The van der Waals surface area contributed by atoms with Crippen LogP contribution in [-0.2, 0) is 47.7 Å². The molecule has 0 saturated heterocycles. The molecule has 0 aromatic heterocycles. The minimum Gasteiger partial charge on any atom is -0.461 e. The van der Waals surface area contributed by atoms with Crippen molar-refractivity contribution < 1.29 is 47.7 Å². The summed E-state index contributed by atoms with van der Waals surface area (Å²) in [6.45, 7) is 16.6. The summed E-state index contributed by atoms with van der Waals surface area (Å²) >= 11 is 0. The maximum atomic E-state index is 12.2. The lowest BCUT2D eigenvalue weighted by Crippen LogP contribution is -2.50. The Hall–Kier alpha value is -3.69. The summed E-state index contributed by atoms with van der Waals surface area (Å²) < 4.78 is 25.6. The van der Waals surface area contributed by atoms with Crippen molar-refractivity contribution in [1.29, 1.82) is 0 Å². The third kappa shape index (κ3) is 10.4. The molecule has 176 valence electrons. The van der Waals surface area contributed by atoms with E-state index < -0.39 is 66.8 Å². The summed E-state index contributed by atoms with van der Waals surface area (Å²) in [5.74, 6) is -4.39. The van der Waals surface area contributed by atoms with Crippen LogP contribution in [0.3, 0.4) is 0 Å². The number of carbonyl (C=O) groups excluding carboxylic acids is 5. The predicted molar refractivity (Wildman–Crippen MR) is 112 cm³/mol. The molecule has 3 unspecified atom stereocenters. The maximum Gasteiger partial charge on any atom is 0.330 e. The highest BCUT2D eigenvalue weighted by molar-refractivity contribution is 5.83. The van der Waals surface area contributed by atoms with Gasteiger partial charge in [0.05, 0.1) is 5.41 Å². The molecule has 0 fully saturated rings. The SMILES string of the molecule is C=CC(=O)OCC(OC(=O)C=C)C(OC(=O)C=C)C(COC(=O)C(C)(C)C)OC(=O)C=C. The van der Waals surface area contributed by atoms with Crippen molar-refractivity contribution in [3.05, 3.63) is 50.6 Å². The van der Waals surface area contributed by atoms with E-state index in [4.69, 9.17) is 23.7 Å². The van der Waals surface area contributed by atoms with E-state index in [9.17, 15) is 24.0 Å². The minimum absolute atomic E-state index is 0.581. The molecule has 0 radical (unpaired) electrons. The van der Waals surface area contributed by atoms with Gasteiger partial charge in [-0.2, -0.15) is 0 Å². The van der Waals surface area contributed by atoms with Crippen molar-refractivity contribution in [1.82, 2.24) is 0 Å². The third-order valence-electron chi connectivity index (χ3n) is 3.57. The van der Waals surface area contributed by atoms with Gasteiger partial charge in [-0.1, -0.05) is 26.3 Å². The lowest BCUT2D eigenvalue weighted by molar-refractivity contribution is -0.192. The molecule has 32 heavy (non-hydrogen) atoms. The zero-order chi connectivity index (χ0) is 24.9. The lowest BCUT2D eigenvalue weighted by Gasteiger charge is -2.31. The van der Waals surface area contributed by atoms with Crippen LogP contribution < -0.4 is 0 Å². The maximum absolute atomic E-state index is 12.2. The van der Waals surface area contributed by atoms with E-state index in [0.29, 0.717) is 0 Å². The zero-order valence-electron chi connectivity index (χ0n) is 18.4. The topological polar surface area (TPSA) is 132 Å². The summed E-state index contributed by atoms with van der Waals surface area (Å²) in [5.41, 5.74) is -0.894. The molecule has 0 N–H and O–H groups in total. The molecule has 0 spiro atoms. The number of hydrogen-bond donors (Lipinski definition) is 0. The Bertz CT molecular complexity index is 759. The average Bonchev–Trinajstić information content (AvgIpc) is 2.75. The van der Waals surface area contributed by atoms with Gasteiger partial charge in [0, 0.05) is 24.3 Å². The zero-order valence-corrected chi connectivity index (χ0v) is 18.4. The smallest absolute Gasteiger partial charge is 0.330 e. The van der Waals surface area contributed by atoms with Crippen molar-refractivity contribution in [2.24, 2.45) is 5.41 Å². The molecule has 0 heterocycles. The third-order valence-corrected chi connectivity index (χ3v) is 3.57. The molecule has 0 bridgehead atoms. The predicted octanol–water partition coefficient (Wildman–Crippen LogP) is 1.60. The first-order chi connectivity index (χ1) is 14.9. The highest BCUT2D eigenvalue weighted by Gasteiger charge is 2.40. The van der Waals surface area contributed by atoms with Crippen LogP contribution in [0.25, 0.3) is 0 Å². The Morgan fingerprint density at radius 1 is 0.656 bits per heavy atom. The Morgan fingerprint density at radius 3 is 1.41 bits per heavy atom. The van der Waals surface area contributed by atoms with Crippen molar-refractivity contribution in [3.63, 3.8) is 0 Å². The number of carbonyl (C=O) groups is 5. The first-order valence-corrected chi connectivity index (χ1v) is 9.35. The number of esters is 5. The van der Waals surface area contributed by atoms with Gasteiger partial charge in [-0.05, 0) is 20.8 Å². The Balaban J connectivity index is 6.12. The van der Waals surface area contributed by atoms with Crippen LogP contribution in [0, 0.1) is 5.41 Å². The summed E-state index contributed by atoms with van der Waals surface area (Å²) in [4.78, 5) is 59.3. The molecule has 0 aliphatic heterocycles. The molecular formula is C22H28O10. The molecule has 0 rings (SSSR count). The molecule has 10 nitrogen and oxygen atoms in total. The summed E-state index contributed by atoms with van der Waals surface area (Å²) in [5, 5.41) is 0. The quantitative estimate of drug-likeness (QED) is 0.231. The van der Waals surface area contributed by atoms with E-state index in [-0.39, 0.29) is 0 Å². The van der Waals surface area contributed by atoms with Crippen LogP contribution >= 0.6 is 0 Å². The fourth-order valence-corrected chi connectivity index (χ4v) is 1.96. The van der Waals surface area contributed by atoms with Gasteiger partial charge in [-0.3, -0.25) is 4.79 Å². The molecule has 0 aromatic carbocycles. The standard InChI is InChI=1S/C22H28O10/c1-8-16(23)28-12-14(30-17(24)9-2)20(32-19(26)11-4)15(31-18(25)10-3)13-29-21(27)22(5,6)7/h8-11,14-15,20H,1-4,12-13H2,5-7H3. The van der Waals surface area contributed by atoms with Gasteiger partial charge < -0.3 is 23.7 Å². The first kappa shape index (κ1) is 28.3. The molecule has 0 amide bonds. The van der Waals surface area contributed by atoms with Crippen LogP contribution in [0.15, 0.2) is 50.6 Å². The normalized spacial score (nSPS) is 13.2. The van der Waals surface area contributed by atoms with Gasteiger partial charge in [0.25, 0.3) is 0 Å². The van der Waals surface area contributed by atoms with E-state index in [1.807, 2.05) is 0 Å². The molecule has 3 atom stereocenters. The van der Waals surface area contributed by atoms with Gasteiger partial charge >= 0.3 is 29.8 Å². The Morgan fingerprint density at radius 2 is 1.03 bits per heavy atom. The second-order valence-corrected chi connectivity index (χ2v) is 7.15. The van der Waals surface area contributed by atoms with Crippen LogP contribution in [0.4, 0.5) is 0 Å². The Labute approximate surface area is 186 Å². The van der Waals surface area contributed by atoms with E-state index in [1.165, 1.54) is 0 Å². The largest absolute Gasteiger partial charge is 0.461 e. The first-order valence-electron chi connectivity index (χ1n) is 9.35. The van der Waals surface area contributed by atoms with E-state index in [0.717, 1.165) is 24.3 Å². The van der Waals surface area contributed by atoms with Gasteiger partial charge in [0.2, 0.25) is 0 Å². The summed E-state index contributed by atoms with van der Waals surface area (Å²) in [7, 11) is 0. The van der Waals surface area contributed by atoms with Gasteiger partial charge in [-0.15, -0.1) is 0 Å². The number of hydrogen-bond acceptors (Lipinski definition) is 10. The van der Waals surface area contributed by atoms with Crippen molar-refractivity contribution >= 4 is 29.8 Å².